The minimum atomic E-state index is -1.63. The summed E-state index contributed by atoms with van der Waals surface area (Å²) < 4.78 is 13.1. The minimum absolute atomic E-state index is 0.191. The molecule has 0 amide bonds. The van der Waals surface area contributed by atoms with Gasteiger partial charge in [0.25, 0.3) is 5.78 Å². The number of Topliss-reactive ketones (excluding diaryl/α,β-unsaturated/α-hetero) is 1. The summed E-state index contributed by atoms with van der Waals surface area (Å²) in [6.07, 6.45) is 1.42. The Bertz CT molecular complexity index is 595. The van der Waals surface area contributed by atoms with Crippen molar-refractivity contribution in [3.8, 4) is 0 Å². The molecule has 0 bridgehead atoms. The molecule has 0 unspecified atom stereocenters. The Hall–Kier alpha value is -2.30. The third-order valence-electron chi connectivity index (χ3n) is 2.11. The van der Waals surface area contributed by atoms with E-state index in [2.05, 4.69) is 4.98 Å². The van der Waals surface area contributed by atoms with Gasteiger partial charge >= 0.3 is 5.97 Å². The Morgan fingerprint density at radius 1 is 1.31 bits per heavy atom. The molecule has 16 heavy (non-hydrogen) atoms. The number of carbonyl (C=O) groups excluding carboxylic acids is 1. The first kappa shape index (κ1) is 10.2. The standard InChI is InChI=1S/C11H6FNO3/c12-7-4-6-2-1-3-13-9(6)8(5-7)10(14)11(15)16/h1-5H,(H,15,16). The molecule has 1 aromatic heterocycles. The molecule has 2 rings (SSSR count). The second-order valence-corrected chi connectivity index (χ2v) is 3.16. The first-order valence-corrected chi connectivity index (χ1v) is 4.41. The molecule has 1 heterocycles. The number of halogens is 1. The lowest BCUT2D eigenvalue weighted by molar-refractivity contribution is -0.131. The van der Waals surface area contributed by atoms with Crippen LogP contribution < -0.4 is 0 Å². The fourth-order valence-corrected chi connectivity index (χ4v) is 1.44. The zero-order valence-corrected chi connectivity index (χ0v) is 7.98. The van der Waals surface area contributed by atoms with Gasteiger partial charge < -0.3 is 5.11 Å². The number of nitrogens with zero attached hydrogens (tertiary/aromatic N) is 1. The van der Waals surface area contributed by atoms with Crippen LogP contribution in [-0.4, -0.2) is 21.8 Å². The van der Waals surface area contributed by atoms with Gasteiger partial charge in [0, 0.05) is 11.6 Å². The molecule has 0 aliphatic carbocycles. The molecule has 0 saturated carbocycles. The minimum Gasteiger partial charge on any atom is -0.475 e. The van der Waals surface area contributed by atoms with E-state index in [4.69, 9.17) is 5.11 Å². The number of fused-ring (bicyclic) bond motifs is 1. The second kappa shape index (κ2) is 3.69. The lowest BCUT2D eigenvalue weighted by Crippen LogP contribution is -2.13. The van der Waals surface area contributed by atoms with Crippen molar-refractivity contribution in [2.75, 3.05) is 0 Å². The van der Waals surface area contributed by atoms with Gasteiger partial charge in [-0.15, -0.1) is 0 Å². The summed E-state index contributed by atoms with van der Waals surface area (Å²) in [6.45, 7) is 0. The van der Waals surface area contributed by atoms with Crippen molar-refractivity contribution in [2.45, 2.75) is 0 Å². The van der Waals surface area contributed by atoms with Crippen LogP contribution in [-0.2, 0) is 4.79 Å². The van der Waals surface area contributed by atoms with E-state index in [-0.39, 0.29) is 11.1 Å². The predicted molar refractivity (Wildman–Crippen MR) is 53.7 cm³/mol. The number of carboxylic acid groups (broad SMARTS) is 1. The van der Waals surface area contributed by atoms with Crippen LogP contribution in [0.4, 0.5) is 4.39 Å². The van der Waals surface area contributed by atoms with E-state index in [1.54, 1.807) is 12.1 Å². The maximum absolute atomic E-state index is 13.1. The highest BCUT2D eigenvalue weighted by atomic mass is 19.1. The highest BCUT2D eigenvalue weighted by Gasteiger charge is 2.19. The van der Waals surface area contributed by atoms with Crippen LogP contribution in [0.3, 0.4) is 0 Å². The molecule has 1 N–H and O–H groups in total. The Balaban J connectivity index is 2.77. The Kier molecular flexibility index (Phi) is 2.36. The normalized spacial score (nSPS) is 10.3. The van der Waals surface area contributed by atoms with E-state index in [0.717, 1.165) is 6.07 Å². The van der Waals surface area contributed by atoms with Crippen LogP contribution in [0.5, 0.6) is 0 Å². The summed E-state index contributed by atoms with van der Waals surface area (Å²) >= 11 is 0. The van der Waals surface area contributed by atoms with Crippen molar-refractivity contribution in [3.63, 3.8) is 0 Å². The molecular formula is C11H6FNO3. The average Bonchev–Trinajstić information content (AvgIpc) is 2.26. The van der Waals surface area contributed by atoms with Crippen molar-refractivity contribution in [1.29, 1.82) is 0 Å². The summed E-state index contributed by atoms with van der Waals surface area (Å²) in [7, 11) is 0. The number of ketones is 1. The quantitative estimate of drug-likeness (QED) is 0.615. The average molecular weight is 219 g/mol. The van der Waals surface area contributed by atoms with Gasteiger partial charge in [-0.3, -0.25) is 9.78 Å². The molecule has 0 atom stereocenters. The Morgan fingerprint density at radius 3 is 2.75 bits per heavy atom. The number of pyridine rings is 1. The molecule has 0 spiro atoms. The number of carbonyl (C=O) groups is 2. The van der Waals surface area contributed by atoms with Gasteiger partial charge in [-0.1, -0.05) is 6.07 Å². The van der Waals surface area contributed by atoms with Gasteiger partial charge in [-0.2, -0.15) is 0 Å². The third kappa shape index (κ3) is 1.63. The summed E-state index contributed by atoms with van der Waals surface area (Å²) in [5.41, 5.74) is -0.0422. The number of aromatic nitrogens is 1. The molecule has 4 nitrogen and oxygen atoms in total. The van der Waals surface area contributed by atoms with Gasteiger partial charge in [-0.25, -0.2) is 9.18 Å². The van der Waals surface area contributed by atoms with E-state index in [1.807, 2.05) is 0 Å². The molecular weight excluding hydrogens is 213 g/mol. The first-order chi connectivity index (χ1) is 7.59. The van der Waals surface area contributed by atoms with Crippen LogP contribution in [0.25, 0.3) is 10.9 Å². The van der Waals surface area contributed by atoms with E-state index >= 15 is 0 Å². The molecule has 0 aliphatic heterocycles. The summed E-state index contributed by atoms with van der Waals surface area (Å²) in [4.78, 5) is 25.7. The lowest BCUT2D eigenvalue weighted by atomic mass is 10.1. The van der Waals surface area contributed by atoms with E-state index < -0.39 is 17.6 Å². The molecule has 1 aromatic carbocycles. The molecule has 0 saturated heterocycles. The number of benzene rings is 1. The largest absolute Gasteiger partial charge is 0.475 e. The maximum Gasteiger partial charge on any atom is 0.377 e. The van der Waals surface area contributed by atoms with Gasteiger partial charge in [0.15, 0.2) is 0 Å². The predicted octanol–water partition coefficient (Wildman–Crippen LogP) is 1.64. The fourth-order valence-electron chi connectivity index (χ4n) is 1.44. The van der Waals surface area contributed by atoms with E-state index in [1.165, 1.54) is 12.3 Å². The van der Waals surface area contributed by atoms with Crippen molar-refractivity contribution in [1.82, 2.24) is 4.98 Å². The highest BCUT2D eigenvalue weighted by molar-refractivity contribution is 6.42. The molecule has 0 aliphatic rings. The van der Waals surface area contributed by atoms with Gasteiger partial charge in [0.2, 0.25) is 0 Å². The number of hydrogen-bond acceptors (Lipinski definition) is 3. The molecule has 5 heteroatoms. The Labute approximate surface area is 89.3 Å². The van der Waals surface area contributed by atoms with Crippen molar-refractivity contribution in [3.05, 3.63) is 41.8 Å². The Morgan fingerprint density at radius 2 is 2.06 bits per heavy atom. The van der Waals surface area contributed by atoms with Crippen LogP contribution >= 0.6 is 0 Å². The zero-order valence-electron chi connectivity index (χ0n) is 7.98. The van der Waals surface area contributed by atoms with Gasteiger partial charge in [0.05, 0.1) is 11.1 Å². The SMILES string of the molecule is O=C(O)C(=O)c1cc(F)cc2cccnc12. The fraction of sp³-hybridized carbons (Fsp3) is 0. The molecule has 0 fully saturated rings. The van der Waals surface area contributed by atoms with Crippen molar-refractivity contribution < 1.29 is 19.1 Å². The molecule has 2 aromatic rings. The summed E-state index contributed by atoms with van der Waals surface area (Å²) in [5.74, 6) is -3.45. The maximum atomic E-state index is 13.1. The lowest BCUT2D eigenvalue weighted by Gasteiger charge is -2.02. The number of aliphatic carboxylic acids is 1. The zero-order chi connectivity index (χ0) is 11.7. The van der Waals surface area contributed by atoms with Crippen LogP contribution in [0.1, 0.15) is 10.4 Å². The van der Waals surface area contributed by atoms with Crippen molar-refractivity contribution >= 4 is 22.7 Å². The van der Waals surface area contributed by atoms with Gasteiger partial charge in [0.1, 0.15) is 5.82 Å². The molecule has 0 radical (unpaired) electrons. The number of hydrogen-bond donors (Lipinski definition) is 1. The number of rotatable bonds is 2. The van der Waals surface area contributed by atoms with Crippen LogP contribution in [0.15, 0.2) is 30.5 Å². The number of carboxylic acids is 1. The topological polar surface area (TPSA) is 67.3 Å². The summed E-state index contributed by atoms with van der Waals surface area (Å²) in [6, 6.07) is 5.22. The third-order valence-corrected chi connectivity index (χ3v) is 2.11. The highest BCUT2D eigenvalue weighted by Crippen LogP contribution is 2.18. The van der Waals surface area contributed by atoms with Crippen molar-refractivity contribution in [2.24, 2.45) is 0 Å². The van der Waals surface area contributed by atoms with E-state index in [0.29, 0.717) is 5.39 Å². The van der Waals surface area contributed by atoms with Crippen LogP contribution in [0, 0.1) is 5.82 Å². The van der Waals surface area contributed by atoms with Crippen LogP contribution in [0.2, 0.25) is 0 Å². The smallest absolute Gasteiger partial charge is 0.377 e. The first-order valence-electron chi connectivity index (χ1n) is 4.41. The molecule has 80 valence electrons. The summed E-state index contributed by atoms with van der Waals surface area (Å²) in [5, 5.41) is 8.98. The monoisotopic (exact) mass is 219 g/mol. The van der Waals surface area contributed by atoms with Gasteiger partial charge in [-0.05, 0) is 18.2 Å². The second-order valence-electron chi connectivity index (χ2n) is 3.16. The van der Waals surface area contributed by atoms with E-state index in [9.17, 15) is 14.0 Å².